The van der Waals surface area contributed by atoms with Gasteiger partial charge in [0.05, 0.1) is 6.61 Å². The maximum atomic E-state index is 12.5. The molecule has 2 heterocycles. The smallest absolute Gasteiger partial charge is 0.257 e. The number of nitrogens with zero attached hydrogens (tertiary/aromatic N) is 3. The molecule has 28 heavy (non-hydrogen) atoms. The van der Waals surface area contributed by atoms with E-state index in [1.807, 2.05) is 49.4 Å². The van der Waals surface area contributed by atoms with E-state index >= 15 is 0 Å². The summed E-state index contributed by atoms with van der Waals surface area (Å²) >= 11 is 0. The molecule has 1 unspecified atom stereocenters. The summed E-state index contributed by atoms with van der Waals surface area (Å²) in [6, 6.07) is 13.6. The maximum absolute atomic E-state index is 12.5. The van der Waals surface area contributed by atoms with Crippen molar-refractivity contribution in [1.82, 2.24) is 10.1 Å². The van der Waals surface area contributed by atoms with Crippen LogP contribution in [-0.4, -0.2) is 29.2 Å². The highest BCUT2D eigenvalue weighted by atomic mass is 16.5. The third-order valence-electron chi connectivity index (χ3n) is 5.15. The van der Waals surface area contributed by atoms with Crippen molar-refractivity contribution in [2.24, 2.45) is 0 Å². The first kappa shape index (κ1) is 18.2. The van der Waals surface area contributed by atoms with Gasteiger partial charge < -0.3 is 14.2 Å². The summed E-state index contributed by atoms with van der Waals surface area (Å²) in [7, 11) is 0. The van der Waals surface area contributed by atoms with E-state index in [-0.39, 0.29) is 11.8 Å². The van der Waals surface area contributed by atoms with Crippen molar-refractivity contribution in [2.75, 3.05) is 18.1 Å². The second kappa shape index (κ2) is 7.46. The van der Waals surface area contributed by atoms with Crippen LogP contribution in [0.4, 0.5) is 5.69 Å². The third kappa shape index (κ3) is 3.50. The average molecular weight is 377 g/mol. The van der Waals surface area contributed by atoms with Crippen LogP contribution in [-0.2, 0) is 4.79 Å². The molecule has 0 bridgehead atoms. The lowest BCUT2D eigenvalue weighted by Crippen LogP contribution is -2.24. The number of rotatable bonds is 5. The van der Waals surface area contributed by atoms with Crippen molar-refractivity contribution in [1.29, 1.82) is 0 Å². The van der Waals surface area contributed by atoms with Crippen LogP contribution >= 0.6 is 0 Å². The Bertz CT molecular complexity index is 995. The van der Waals surface area contributed by atoms with Gasteiger partial charge in [-0.15, -0.1) is 0 Å². The normalized spacial score (nSPS) is 16.6. The Morgan fingerprint density at radius 2 is 1.93 bits per heavy atom. The molecule has 0 saturated carbocycles. The first-order valence-corrected chi connectivity index (χ1v) is 9.49. The van der Waals surface area contributed by atoms with E-state index in [2.05, 4.69) is 24.0 Å². The standard InChI is InChI=1S/C22H23N3O3/c1-4-27-19-9-7-18(8-10-19)25-13-17(12-20(25)26)21-23-22(28-24-21)16-6-5-14(2)15(3)11-16/h5-11,17H,4,12-13H2,1-3H3. The van der Waals surface area contributed by atoms with E-state index in [1.54, 1.807) is 4.90 Å². The van der Waals surface area contributed by atoms with Crippen molar-refractivity contribution >= 4 is 11.6 Å². The molecular weight excluding hydrogens is 354 g/mol. The van der Waals surface area contributed by atoms with E-state index in [0.717, 1.165) is 17.0 Å². The van der Waals surface area contributed by atoms with Crippen LogP contribution in [0, 0.1) is 13.8 Å². The van der Waals surface area contributed by atoms with Crippen LogP contribution < -0.4 is 9.64 Å². The van der Waals surface area contributed by atoms with E-state index in [9.17, 15) is 4.79 Å². The van der Waals surface area contributed by atoms with Crippen LogP contribution in [0.25, 0.3) is 11.5 Å². The van der Waals surface area contributed by atoms with Gasteiger partial charge in [-0.05, 0) is 68.3 Å². The fourth-order valence-electron chi connectivity index (χ4n) is 3.41. The Hall–Kier alpha value is -3.15. The Morgan fingerprint density at radius 3 is 2.64 bits per heavy atom. The highest BCUT2D eigenvalue weighted by molar-refractivity contribution is 5.96. The number of benzene rings is 2. The van der Waals surface area contributed by atoms with Crippen molar-refractivity contribution < 1.29 is 14.1 Å². The van der Waals surface area contributed by atoms with E-state index < -0.39 is 0 Å². The molecule has 0 aliphatic carbocycles. The van der Waals surface area contributed by atoms with Crippen LogP contribution in [0.1, 0.15) is 36.2 Å². The lowest BCUT2D eigenvalue weighted by Gasteiger charge is -2.16. The summed E-state index contributed by atoms with van der Waals surface area (Å²) in [6.45, 7) is 7.22. The molecule has 6 heteroatoms. The fourth-order valence-corrected chi connectivity index (χ4v) is 3.41. The molecule has 1 aliphatic rings. The summed E-state index contributed by atoms with van der Waals surface area (Å²) in [5.41, 5.74) is 4.15. The highest BCUT2D eigenvalue weighted by Gasteiger charge is 2.34. The number of aromatic nitrogens is 2. The largest absolute Gasteiger partial charge is 0.494 e. The minimum atomic E-state index is -0.0805. The molecule has 1 fully saturated rings. The van der Waals surface area contributed by atoms with Gasteiger partial charge in [-0.2, -0.15) is 4.98 Å². The number of amides is 1. The summed E-state index contributed by atoms with van der Waals surface area (Å²) in [5.74, 6) is 1.85. The molecule has 0 spiro atoms. The predicted molar refractivity (Wildman–Crippen MR) is 107 cm³/mol. The molecule has 144 valence electrons. The van der Waals surface area contributed by atoms with Gasteiger partial charge >= 0.3 is 0 Å². The number of aryl methyl sites for hydroxylation is 2. The molecule has 0 radical (unpaired) electrons. The van der Waals surface area contributed by atoms with Gasteiger partial charge in [-0.25, -0.2) is 0 Å². The second-order valence-corrected chi connectivity index (χ2v) is 7.09. The van der Waals surface area contributed by atoms with Gasteiger partial charge in [0.2, 0.25) is 5.91 Å². The molecule has 1 aromatic heterocycles. The van der Waals surface area contributed by atoms with Gasteiger partial charge in [0, 0.05) is 30.1 Å². The lowest BCUT2D eigenvalue weighted by molar-refractivity contribution is -0.117. The van der Waals surface area contributed by atoms with E-state index in [1.165, 1.54) is 11.1 Å². The average Bonchev–Trinajstić information content (AvgIpc) is 3.32. The van der Waals surface area contributed by atoms with Crippen molar-refractivity contribution in [3.8, 4) is 17.2 Å². The fraction of sp³-hybridized carbons (Fsp3) is 0.318. The van der Waals surface area contributed by atoms with Gasteiger partial charge in [0.1, 0.15) is 5.75 Å². The van der Waals surface area contributed by atoms with E-state index in [0.29, 0.717) is 31.3 Å². The van der Waals surface area contributed by atoms with Crippen LogP contribution in [0.3, 0.4) is 0 Å². The minimum Gasteiger partial charge on any atom is -0.494 e. The topological polar surface area (TPSA) is 68.5 Å². The molecule has 1 amide bonds. The van der Waals surface area contributed by atoms with Crippen molar-refractivity contribution in [2.45, 2.75) is 33.1 Å². The summed E-state index contributed by atoms with van der Waals surface area (Å²) in [6.07, 6.45) is 0.374. The Morgan fingerprint density at radius 1 is 1.14 bits per heavy atom. The zero-order valence-corrected chi connectivity index (χ0v) is 16.3. The summed E-state index contributed by atoms with van der Waals surface area (Å²) < 4.78 is 10.9. The molecule has 2 aromatic carbocycles. The minimum absolute atomic E-state index is 0.0618. The number of anilines is 1. The molecule has 3 aromatic rings. The SMILES string of the molecule is CCOc1ccc(N2CC(c3noc(-c4ccc(C)c(C)c4)n3)CC2=O)cc1. The number of ether oxygens (including phenoxy) is 1. The molecule has 1 atom stereocenters. The number of hydrogen-bond acceptors (Lipinski definition) is 5. The van der Waals surface area contributed by atoms with Crippen LogP contribution in [0.5, 0.6) is 5.75 Å². The van der Waals surface area contributed by atoms with Crippen LogP contribution in [0.2, 0.25) is 0 Å². The quantitative estimate of drug-likeness (QED) is 0.664. The number of carbonyl (C=O) groups is 1. The predicted octanol–water partition coefficient (Wildman–Crippen LogP) is 4.27. The maximum Gasteiger partial charge on any atom is 0.257 e. The monoisotopic (exact) mass is 377 g/mol. The Balaban J connectivity index is 1.51. The first-order valence-electron chi connectivity index (χ1n) is 9.49. The zero-order valence-electron chi connectivity index (χ0n) is 16.3. The molecule has 6 nitrogen and oxygen atoms in total. The van der Waals surface area contributed by atoms with Gasteiger partial charge in [-0.1, -0.05) is 11.2 Å². The third-order valence-corrected chi connectivity index (χ3v) is 5.15. The van der Waals surface area contributed by atoms with Gasteiger partial charge in [-0.3, -0.25) is 4.79 Å². The lowest BCUT2D eigenvalue weighted by atomic mass is 10.1. The molecule has 1 saturated heterocycles. The summed E-state index contributed by atoms with van der Waals surface area (Å²) in [4.78, 5) is 18.9. The van der Waals surface area contributed by atoms with Crippen LogP contribution in [0.15, 0.2) is 47.0 Å². The van der Waals surface area contributed by atoms with Crippen molar-refractivity contribution in [3.05, 3.63) is 59.4 Å². The Kier molecular flexibility index (Phi) is 4.86. The second-order valence-electron chi connectivity index (χ2n) is 7.09. The van der Waals surface area contributed by atoms with E-state index in [4.69, 9.17) is 9.26 Å². The first-order chi connectivity index (χ1) is 13.5. The van der Waals surface area contributed by atoms with Gasteiger partial charge in [0.25, 0.3) is 5.89 Å². The Labute approximate surface area is 164 Å². The molecule has 4 rings (SSSR count). The zero-order chi connectivity index (χ0) is 19.7. The number of hydrogen-bond donors (Lipinski definition) is 0. The highest BCUT2D eigenvalue weighted by Crippen LogP contribution is 2.32. The van der Waals surface area contributed by atoms with Gasteiger partial charge in [0.15, 0.2) is 5.82 Å². The van der Waals surface area contributed by atoms with Crippen molar-refractivity contribution in [3.63, 3.8) is 0 Å². The molecule has 1 aliphatic heterocycles. The summed E-state index contributed by atoms with van der Waals surface area (Å²) in [5, 5.41) is 4.14. The number of carbonyl (C=O) groups excluding carboxylic acids is 1. The molecule has 0 N–H and O–H groups in total. The molecular formula is C22H23N3O3.